The quantitative estimate of drug-likeness (QED) is 0.176. The zero-order valence-corrected chi connectivity index (χ0v) is 25.4. The van der Waals surface area contributed by atoms with Gasteiger partial charge < -0.3 is 18.5 Å². The standard InChI is InChI=1S/C31H45O7P/c1-8-35-29(33)27(21-28(32)36-22-25-17-13-10-14-18-25)26(20-19-24-15-11-9-12-16-24)23-39(34,37-30(2,3)4)38-31(5,6)7/h9-18,26-27H,8,19-23H2,1-7H3/t26-,27-/m0/s1. The average Bonchev–Trinajstić information content (AvgIpc) is 2.83. The summed E-state index contributed by atoms with van der Waals surface area (Å²) in [7, 11) is -3.72. The highest BCUT2D eigenvalue weighted by atomic mass is 31.2. The Morgan fingerprint density at radius 1 is 0.795 bits per heavy atom. The Bertz CT molecular complexity index is 1050. The molecule has 0 radical (unpaired) electrons. The SMILES string of the molecule is CCOC(=O)[C@@H](CC(=O)OCc1ccccc1)[C@@H](CCc1ccccc1)CP(=O)(OC(C)(C)C)OC(C)(C)C. The molecule has 0 unspecified atom stereocenters. The predicted octanol–water partition coefficient (Wildman–Crippen LogP) is 7.37. The summed E-state index contributed by atoms with van der Waals surface area (Å²) >= 11 is 0. The second kappa shape index (κ2) is 14.8. The minimum absolute atomic E-state index is 0.0379. The number of hydrogen-bond donors (Lipinski definition) is 0. The number of esters is 2. The van der Waals surface area contributed by atoms with E-state index in [0.29, 0.717) is 12.8 Å². The van der Waals surface area contributed by atoms with Gasteiger partial charge in [-0.25, -0.2) is 0 Å². The number of aryl methyl sites for hydroxylation is 1. The molecule has 0 aliphatic carbocycles. The zero-order chi connectivity index (χ0) is 29.1. The molecule has 0 aromatic heterocycles. The number of rotatable bonds is 14. The summed E-state index contributed by atoms with van der Waals surface area (Å²) in [5.74, 6) is -2.45. The van der Waals surface area contributed by atoms with Crippen LogP contribution in [0.5, 0.6) is 0 Å². The lowest BCUT2D eigenvalue weighted by atomic mass is 9.86. The van der Waals surface area contributed by atoms with Crippen LogP contribution in [0, 0.1) is 11.8 Å². The van der Waals surface area contributed by atoms with Crippen LogP contribution in [-0.4, -0.2) is 35.9 Å². The number of ether oxygens (including phenoxy) is 2. The van der Waals surface area contributed by atoms with Crippen molar-refractivity contribution in [3.8, 4) is 0 Å². The largest absolute Gasteiger partial charge is 0.466 e. The summed E-state index contributed by atoms with van der Waals surface area (Å²) in [6.45, 7) is 12.9. The lowest BCUT2D eigenvalue weighted by molar-refractivity contribution is -0.157. The number of benzene rings is 2. The first-order chi connectivity index (χ1) is 18.2. The van der Waals surface area contributed by atoms with Crippen LogP contribution in [-0.2, 0) is 45.7 Å². The van der Waals surface area contributed by atoms with Crippen LogP contribution in [0.3, 0.4) is 0 Å². The predicted molar refractivity (Wildman–Crippen MR) is 153 cm³/mol. The minimum Gasteiger partial charge on any atom is -0.466 e. The molecule has 39 heavy (non-hydrogen) atoms. The highest BCUT2D eigenvalue weighted by molar-refractivity contribution is 7.53. The van der Waals surface area contributed by atoms with E-state index in [1.807, 2.05) is 102 Å². The van der Waals surface area contributed by atoms with Crippen molar-refractivity contribution < 1.29 is 32.7 Å². The van der Waals surface area contributed by atoms with Gasteiger partial charge in [0.15, 0.2) is 0 Å². The van der Waals surface area contributed by atoms with E-state index in [1.165, 1.54) is 0 Å². The highest BCUT2D eigenvalue weighted by Gasteiger charge is 2.42. The van der Waals surface area contributed by atoms with Gasteiger partial charge in [0.25, 0.3) is 0 Å². The maximum Gasteiger partial charge on any atom is 0.331 e. The molecule has 0 aliphatic rings. The Hall–Kier alpha value is -2.47. The van der Waals surface area contributed by atoms with Crippen LogP contribution in [0.4, 0.5) is 0 Å². The first-order valence-electron chi connectivity index (χ1n) is 13.6. The van der Waals surface area contributed by atoms with Gasteiger partial charge in [0.1, 0.15) is 6.61 Å². The third kappa shape index (κ3) is 13.0. The van der Waals surface area contributed by atoms with E-state index in [2.05, 4.69) is 0 Å². The van der Waals surface area contributed by atoms with Crippen molar-refractivity contribution in [2.24, 2.45) is 11.8 Å². The molecule has 0 saturated heterocycles. The minimum atomic E-state index is -3.72. The third-order valence-electron chi connectivity index (χ3n) is 5.72. The highest BCUT2D eigenvalue weighted by Crippen LogP contribution is 2.57. The van der Waals surface area contributed by atoms with Gasteiger partial charge in [0.2, 0.25) is 0 Å². The Kier molecular flexibility index (Phi) is 12.4. The van der Waals surface area contributed by atoms with Gasteiger partial charge in [-0.05, 0) is 78.4 Å². The first kappa shape index (κ1) is 32.7. The Labute approximate surface area is 234 Å². The smallest absolute Gasteiger partial charge is 0.331 e. The first-order valence-corrected chi connectivity index (χ1v) is 15.3. The fourth-order valence-corrected chi connectivity index (χ4v) is 7.17. The molecule has 2 aromatic carbocycles. The average molecular weight is 561 g/mol. The third-order valence-corrected chi connectivity index (χ3v) is 8.29. The monoisotopic (exact) mass is 560 g/mol. The Morgan fingerprint density at radius 2 is 1.31 bits per heavy atom. The summed E-state index contributed by atoms with van der Waals surface area (Å²) in [4.78, 5) is 26.2. The number of hydrogen-bond acceptors (Lipinski definition) is 7. The van der Waals surface area contributed by atoms with E-state index in [1.54, 1.807) is 6.92 Å². The summed E-state index contributed by atoms with van der Waals surface area (Å²) in [6, 6.07) is 19.2. The fourth-order valence-electron chi connectivity index (χ4n) is 4.30. The maximum absolute atomic E-state index is 14.2. The second-order valence-corrected chi connectivity index (χ2v) is 13.6. The van der Waals surface area contributed by atoms with Crippen molar-refractivity contribution in [2.75, 3.05) is 12.8 Å². The normalized spacial score (nSPS) is 13.9. The number of carbonyl (C=O) groups excluding carboxylic acids is 2. The van der Waals surface area contributed by atoms with Crippen molar-refractivity contribution in [3.63, 3.8) is 0 Å². The molecule has 0 spiro atoms. The van der Waals surface area contributed by atoms with Crippen LogP contribution in [0.2, 0.25) is 0 Å². The van der Waals surface area contributed by atoms with Gasteiger partial charge in [-0.2, -0.15) is 0 Å². The molecule has 216 valence electrons. The van der Waals surface area contributed by atoms with Crippen LogP contribution in [0.25, 0.3) is 0 Å². The van der Waals surface area contributed by atoms with E-state index in [4.69, 9.17) is 18.5 Å². The van der Waals surface area contributed by atoms with Gasteiger partial charge in [-0.3, -0.25) is 14.2 Å². The Balaban J connectivity index is 2.37. The maximum atomic E-state index is 14.2. The van der Waals surface area contributed by atoms with Crippen LogP contribution in [0.1, 0.15) is 72.4 Å². The number of carbonyl (C=O) groups is 2. The van der Waals surface area contributed by atoms with E-state index in [9.17, 15) is 14.2 Å². The molecule has 0 saturated carbocycles. The summed E-state index contributed by atoms with van der Waals surface area (Å²) < 4.78 is 37.2. The molecule has 0 bridgehead atoms. The molecule has 7 nitrogen and oxygen atoms in total. The van der Waals surface area contributed by atoms with E-state index in [0.717, 1.165) is 11.1 Å². The summed E-state index contributed by atoms with van der Waals surface area (Å²) in [5.41, 5.74) is 0.415. The van der Waals surface area contributed by atoms with Crippen molar-refractivity contribution in [3.05, 3.63) is 71.8 Å². The molecule has 8 heteroatoms. The molecule has 0 aliphatic heterocycles. The van der Waals surface area contributed by atoms with Crippen LogP contribution >= 0.6 is 7.60 Å². The van der Waals surface area contributed by atoms with Crippen molar-refractivity contribution >= 4 is 19.5 Å². The molecular formula is C31H45O7P. The topological polar surface area (TPSA) is 88.1 Å². The van der Waals surface area contributed by atoms with Gasteiger partial charge in [-0.15, -0.1) is 0 Å². The lowest BCUT2D eigenvalue weighted by Gasteiger charge is -2.35. The lowest BCUT2D eigenvalue weighted by Crippen LogP contribution is -2.34. The Morgan fingerprint density at radius 3 is 1.79 bits per heavy atom. The molecule has 2 atom stereocenters. The van der Waals surface area contributed by atoms with Crippen LogP contribution < -0.4 is 0 Å². The van der Waals surface area contributed by atoms with Gasteiger partial charge in [-0.1, -0.05) is 60.7 Å². The second-order valence-electron chi connectivity index (χ2n) is 11.7. The van der Waals surface area contributed by atoms with E-state index >= 15 is 0 Å². The van der Waals surface area contributed by atoms with Crippen molar-refractivity contribution in [1.29, 1.82) is 0 Å². The van der Waals surface area contributed by atoms with Gasteiger partial charge >= 0.3 is 19.5 Å². The molecular weight excluding hydrogens is 515 g/mol. The van der Waals surface area contributed by atoms with Crippen LogP contribution in [0.15, 0.2) is 60.7 Å². The van der Waals surface area contributed by atoms with Gasteiger partial charge in [0, 0.05) is 0 Å². The van der Waals surface area contributed by atoms with E-state index < -0.39 is 42.6 Å². The molecule has 2 aromatic rings. The molecule has 0 heterocycles. The molecule has 0 fully saturated rings. The van der Waals surface area contributed by atoms with Crippen molar-refractivity contribution in [2.45, 2.75) is 85.5 Å². The van der Waals surface area contributed by atoms with E-state index in [-0.39, 0.29) is 25.8 Å². The molecule has 0 amide bonds. The fraction of sp³-hybridized carbons (Fsp3) is 0.548. The summed E-state index contributed by atoms with van der Waals surface area (Å²) in [5, 5.41) is 0. The van der Waals surface area contributed by atoms with Gasteiger partial charge in [0.05, 0.1) is 36.3 Å². The zero-order valence-electron chi connectivity index (χ0n) is 24.5. The summed E-state index contributed by atoms with van der Waals surface area (Å²) in [6.07, 6.45) is 0.857. The molecule has 0 N–H and O–H groups in total. The van der Waals surface area contributed by atoms with Crippen molar-refractivity contribution in [1.82, 2.24) is 0 Å². The molecule has 2 rings (SSSR count).